The molecule has 2 aromatic heterocycles. The molecule has 142 valence electrons. The van der Waals surface area contributed by atoms with Crippen LogP contribution in [0, 0.1) is 0 Å². The van der Waals surface area contributed by atoms with Gasteiger partial charge in [0.25, 0.3) is 0 Å². The number of imidazole rings is 1. The van der Waals surface area contributed by atoms with E-state index in [9.17, 15) is 13.2 Å². The summed E-state index contributed by atoms with van der Waals surface area (Å²) in [6, 6.07) is 0.952. The highest BCUT2D eigenvalue weighted by atomic mass is 35.5. The smallest absolute Gasteiger partial charge is 0.354 e. The SMILES string of the molecule is Cn1ccnc1CCN1CCCN(c2ncc(C(F)(F)F)cc2Cl)CC1. The highest BCUT2D eigenvalue weighted by molar-refractivity contribution is 6.33. The van der Waals surface area contributed by atoms with Crippen molar-refractivity contribution in [2.75, 3.05) is 37.6 Å². The predicted octanol–water partition coefficient (Wildman–Crippen LogP) is 3.24. The van der Waals surface area contributed by atoms with E-state index in [0.29, 0.717) is 12.4 Å². The first-order valence-electron chi connectivity index (χ1n) is 8.51. The van der Waals surface area contributed by atoms with Gasteiger partial charge >= 0.3 is 6.18 Å². The van der Waals surface area contributed by atoms with Crippen LogP contribution < -0.4 is 4.90 Å². The summed E-state index contributed by atoms with van der Waals surface area (Å²) in [5, 5.41) is 0.0429. The molecule has 1 fully saturated rings. The Morgan fingerprint density at radius 1 is 1.15 bits per heavy atom. The second-order valence-corrected chi connectivity index (χ2v) is 6.82. The maximum Gasteiger partial charge on any atom is 0.417 e. The maximum absolute atomic E-state index is 12.8. The zero-order valence-corrected chi connectivity index (χ0v) is 15.3. The van der Waals surface area contributed by atoms with Gasteiger partial charge in [0.05, 0.1) is 10.6 Å². The Kier molecular flexibility index (Phi) is 5.72. The molecule has 2 aromatic rings. The first kappa shape index (κ1) is 19.0. The molecule has 0 N–H and O–H groups in total. The number of aromatic nitrogens is 3. The van der Waals surface area contributed by atoms with Gasteiger partial charge in [0.15, 0.2) is 0 Å². The summed E-state index contributed by atoms with van der Waals surface area (Å²) in [7, 11) is 1.98. The van der Waals surface area contributed by atoms with E-state index in [1.807, 2.05) is 22.7 Å². The van der Waals surface area contributed by atoms with Crippen molar-refractivity contribution in [3.63, 3.8) is 0 Å². The summed E-state index contributed by atoms with van der Waals surface area (Å²) < 4.78 is 40.3. The van der Waals surface area contributed by atoms with E-state index < -0.39 is 11.7 Å². The van der Waals surface area contributed by atoms with Crippen LogP contribution in [-0.2, 0) is 19.6 Å². The summed E-state index contributed by atoms with van der Waals surface area (Å²) in [5.74, 6) is 1.46. The first-order chi connectivity index (χ1) is 12.3. The van der Waals surface area contributed by atoms with Gasteiger partial charge in [0.1, 0.15) is 11.6 Å². The molecule has 0 bridgehead atoms. The standard InChI is InChI=1S/C17H21ClF3N5/c1-24-8-4-22-15(24)3-7-25-5-2-6-26(10-9-25)16-14(18)11-13(12-23-16)17(19,20)21/h4,8,11-12H,2-3,5-7,9-10H2,1H3. The van der Waals surface area contributed by atoms with Gasteiger partial charge in [-0.25, -0.2) is 9.97 Å². The minimum atomic E-state index is -4.43. The molecule has 0 radical (unpaired) electrons. The fraction of sp³-hybridized carbons (Fsp3) is 0.529. The lowest BCUT2D eigenvalue weighted by molar-refractivity contribution is -0.137. The van der Waals surface area contributed by atoms with Gasteiger partial charge in [-0.05, 0) is 19.0 Å². The topological polar surface area (TPSA) is 37.2 Å². The monoisotopic (exact) mass is 387 g/mol. The number of rotatable bonds is 4. The van der Waals surface area contributed by atoms with Gasteiger partial charge in [0, 0.05) is 58.2 Å². The molecule has 0 spiro atoms. The number of halogens is 4. The van der Waals surface area contributed by atoms with Gasteiger partial charge in [-0.3, -0.25) is 0 Å². The highest BCUT2D eigenvalue weighted by Crippen LogP contribution is 2.33. The molecule has 0 atom stereocenters. The number of nitrogens with zero attached hydrogens (tertiary/aromatic N) is 5. The molecule has 0 unspecified atom stereocenters. The Balaban J connectivity index is 1.61. The lowest BCUT2D eigenvalue weighted by Gasteiger charge is -2.24. The Morgan fingerprint density at radius 3 is 2.62 bits per heavy atom. The van der Waals surface area contributed by atoms with Crippen LogP contribution in [0.2, 0.25) is 5.02 Å². The van der Waals surface area contributed by atoms with Crippen molar-refractivity contribution < 1.29 is 13.2 Å². The summed E-state index contributed by atoms with van der Waals surface area (Å²) >= 11 is 6.08. The minimum absolute atomic E-state index is 0.0429. The largest absolute Gasteiger partial charge is 0.417 e. The van der Waals surface area contributed by atoms with Gasteiger partial charge in [-0.1, -0.05) is 11.6 Å². The van der Waals surface area contributed by atoms with E-state index in [1.54, 1.807) is 6.20 Å². The van der Waals surface area contributed by atoms with E-state index >= 15 is 0 Å². The van der Waals surface area contributed by atoms with Gasteiger partial charge < -0.3 is 14.4 Å². The van der Waals surface area contributed by atoms with E-state index in [1.165, 1.54) is 0 Å². The van der Waals surface area contributed by atoms with E-state index in [2.05, 4.69) is 14.9 Å². The second kappa shape index (κ2) is 7.84. The average Bonchev–Trinajstić information content (AvgIpc) is 2.85. The van der Waals surface area contributed by atoms with Crippen LogP contribution in [0.5, 0.6) is 0 Å². The molecule has 1 saturated heterocycles. The molecule has 9 heteroatoms. The van der Waals surface area contributed by atoms with Gasteiger partial charge in [-0.15, -0.1) is 0 Å². The molecule has 26 heavy (non-hydrogen) atoms. The van der Waals surface area contributed by atoms with Gasteiger partial charge in [0.2, 0.25) is 0 Å². The molecular formula is C17H21ClF3N5. The van der Waals surface area contributed by atoms with Crippen molar-refractivity contribution in [2.45, 2.75) is 19.0 Å². The Bertz CT molecular complexity index is 746. The maximum atomic E-state index is 12.8. The normalized spacial score (nSPS) is 16.7. The molecule has 0 amide bonds. The number of pyridine rings is 1. The third-order valence-corrected chi connectivity index (χ3v) is 4.89. The zero-order valence-electron chi connectivity index (χ0n) is 14.5. The van der Waals surface area contributed by atoms with Crippen molar-refractivity contribution in [2.24, 2.45) is 7.05 Å². The average molecular weight is 388 g/mol. The van der Waals surface area contributed by atoms with Crippen LogP contribution in [0.4, 0.5) is 19.0 Å². The predicted molar refractivity (Wildman–Crippen MR) is 94.4 cm³/mol. The molecule has 3 heterocycles. The molecule has 5 nitrogen and oxygen atoms in total. The third kappa shape index (κ3) is 4.48. The Hall–Kier alpha value is -1.80. The highest BCUT2D eigenvalue weighted by Gasteiger charge is 2.32. The number of alkyl halides is 3. The van der Waals surface area contributed by atoms with Crippen molar-refractivity contribution in [3.05, 3.63) is 41.1 Å². The number of hydrogen-bond donors (Lipinski definition) is 0. The van der Waals surface area contributed by atoms with Crippen molar-refractivity contribution in [1.29, 1.82) is 0 Å². The molecule has 0 saturated carbocycles. The van der Waals surface area contributed by atoms with Gasteiger partial charge in [-0.2, -0.15) is 13.2 Å². The number of hydrogen-bond acceptors (Lipinski definition) is 4. The van der Waals surface area contributed by atoms with Crippen molar-refractivity contribution >= 4 is 17.4 Å². The van der Waals surface area contributed by atoms with Crippen molar-refractivity contribution in [1.82, 2.24) is 19.4 Å². The van der Waals surface area contributed by atoms with E-state index in [-0.39, 0.29) is 5.02 Å². The van der Waals surface area contributed by atoms with Crippen LogP contribution in [0.1, 0.15) is 17.8 Å². The summed E-state index contributed by atoms with van der Waals surface area (Å²) in [6.45, 7) is 4.03. The summed E-state index contributed by atoms with van der Waals surface area (Å²) in [6.07, 6.45) is 1.90. The molecule has 3 rings (SSSR count). The Labute approximate surface area is 155 Å². The van der Waals surface area contributed by atoms with Crippen LogP contribution in [-0.4, -0.2) is 52.2 Å². The van der Waals surface area contributed by atoms with E-state index in [0.717, 1.165) is 57.1 Å². The Morgan fingerprint density at radius 2 is 1.96 bits per heavy atom. The molecular weight excluding hydrogens is 367 g/mol. The van der Waals surface area contributed by atoms with Crippen LogP contribution in [0.25, 0.3) is 0 Å². The molecule has 1 aliphatic rings. The lowest BCUT2D eigenvalue weighted by atomic mass is 10.2. The number of aryl methyl sites for hydroxylation is 1. The quantitative estimate of drug-likeness (QED) is 0.807. The van der Waals surface area contributed by atoms with Crippen LogP contribution in [0.15, 0.2) is 24.7 Å². The van der Waals surface area contributed by atoms with Crippen LogP contribution in [0.3, 0.4) is 0 Å². The minimum Gasteiger partial charge on any atom is -0.354 e. The fourth-order valence-corrected chi connectivity index (χ4v) is 3.41. The fourth-order valence-electron chi connectivity index (χ4n) is 3.12. The second-order valence-electron chi connectivity index (χ2n) is 6.41. The summed E-state index contributed by atoms with van der Waals surface area (Å²) in [4.78, 5) is 12.6. The van der Waals surface area contributed by atoms with E-state index in [4.69, 9.17) is 11.6 Å². The van der Waals surface area contributed by atoms with Crippen LogP contribution >= 0.6 is 11.6 Å². The zero-order chi connectivity index (χ0) is 18.7. The number of anilines is 1. The third-order valence-electron chi connectivity index (χ3n) is 4.61. The summed E-state index contributed by atoms with van der Waals surface area (Å²) in [5.41, 5.74) is -0.822. The first-order valence-corrected chi connectivity index (χ1v) is 8.88. The lowest BCUT2D eigenvalue weighted by Crippen LogP contribution is -2.32. The molecule has 0 aliphatic carbocycles. The van der Waals surface area contributed by atoms with Crippen molar-refractivity contribution in [3.8, 4) is 0 Å². The molecule has 0 aromatic carbocycles. The molecule has 1 aliphatic heterocycles.